The van der Waals surface area contributed by atoms with Crippen molar-refractivity contribution in [1.29, 1.82) is 0 Å². The Bertz CT molecular complexity index is 681. The van der Waals surface area contributed by atoms with Crippen molar-refractivity contribution in [2.75, 3.05) is 17.2 Å². The minimum absolute atomic E-state index is 0.0935. The average molecular weight is 349 g/mol. The molecule has 1 aromatic rings. The molecule has 1 aliphatic heterocycles. The summed E-state index contributed by atoms with van der Waals surface area (Å²) in [4.78, 5) is 35.1. The maximum Gasteiger partial charge on any atom is 0.407 e. The Kier molecular flexibility index (Phi) is 5.51. The van der Waals surface area contributed by atoms with Crippen LogP contribution in [0.25, 0.3) is 0 Å². The molecule has 2 rings (SSSR count). The van der Waals surface area contributed by atoms with Gasteiger partial charge < -0.3 is 25.4 Å². The highest BCUT2D eigenvalue weighted by molar-refractivity contribution is 5.99. The fraction of sp³-hybridized carbons (Fsp3) is 0.471. The molecular formula is C17H23N3O5. The summed E-state index contributed by atoms with van der Waals surface area (Å²) in [5.41, 5.74) is 0.451. The number of alkyl carbamates (subject to hydrolysis) is 1. The maximum atomic E-state index is 11.9. The molecule has 0 radical (unpaired) electrons. The van der Waals surface area contributed by atoms with Gasteiger partial charge in [-0.25, -0.2) is 4.79 Å². The maximum absolute atomic E-state index is 11.9. The Labute approximate surface area is 146 Å². The van der Waals surface area contributed by atoms with E-state index in [1.54, 1.807) is 45.9 Å². The number of benzene rings is 1. The van der Waals surface area contributed by atoms with E-state index >= 15 is 0 Å². The van der Waals surface area contributed by atoms with Gasteiger partial charge in [-0.2, -0.15) is 0 Å². The Balaban J connectivity index is 1.82. The first-order valence-electron chi connectivity index (χ1n) is 8.02. The molecular weight excluding hydrogens is 326 g/mol. The zero-order valence-electron chi connectivity index (χ0n) is 14.8. The van der Waals surface area contributed by atoms with Gasteiger partial charge in [-0.1, -0.05) is 0 Å². The van der Waals surface area contributed by atoms with Crippen molar-refractivity contribution in [3.05, 3.63) is 18.2 Å². The number of anilines is 2. The van der Waals surface area contributed by atoms with Crippen molar-refractivity contribution in [3.8, 4) is 5.75 Å². The topological polar surface area (TPSA) is 106 Å². The van der Waals surface area contributed by atoms with Crippen LogP contribution < -0.4 is 20.7 Å². The van der Waals surface area contributed by atoms with Crippen molar-refractivity contribution < 1.29 is 23.9 Å². The van der Waals surface area contributed by atoms with Crippen LogP contribution in [0.5, 0.6) is 5.75 Å². The monoisotopic (exact) mass is 349 g/mol. The molecule has 8 nitrogen and oxygen atoms in total. The van der Waals surface area contributed by atoms with Gasteiger partial charge in [0.25, 0.3) is 5.91 Å². The number of hydrogen-bond donors (Lipinski definition) is 3. The molecule has 1 heterocycles. The molecule has 0 aliphatic carbocycles. The van der Waals surface area contributed by atoms with Gasteiger partial charge in [0.05, 0.1) is 5.69 Å². The van der Waals surface area contributed by atoms with Crippen molar-refractivity contribution in [1.82, 2.24) is 5.32 Å². The van der Waals surface area contributed by atoms with Crippen LogP contribution in [0.3, 0.4) is 0 Å². The van der Waals surface area contributed by atoms with Gasteiger partial charge in [0, 0.05) is 18.7 Å². The lowest BCUT2D eigenvalue weighted by Gasteiger charge is -2.23. The van der Waals surface area contributed by atoms with Crippen LogP contribution in [0.1, 0.15) is 34.1 Å². The van der Waals surface area contributed by atoms with Crippen LogP contribution in [0.4, 0.5) is 16.2 Å². The Hall–Kier alpha value is -2.77. The Morgan fingerprint density at radius 1 is 1.32 bits per heavy atom. The summed E-state index contributed by atoms with van der Waals surface area (Å²) in [6.45, 7) is 7.10. The number of carbonyl (C=O) groups is 3. The Morgan fingerprint density at radius 2 is 2.04 bits per heavy atom. The van der Waals surface area contributed by atoms with Gasteiger partial charge in [-0.15, -0.1) is 0 Å². The third kappa shape index (κ3) is 5.66. The molecule has 0 saturated heterocycles. The molecule has 0 aromatic heterocycles. The fourth-order valence-corrected chi connectivity index (χ4v) is 2.10. The van der Waals surface area contributed by atoms with Crippen LogP contribution in [0.15, 0.2) is 18.2 Å². The summed E-state index contributed by atoms with van der Waals surface area (Å²) >= 11 is 0. The molecule has 0 spiro atoms. The minimum atomic E-state index is -0.584. The van der Waals surface area contributed by atoms with E-state index in [0.29, 0.717) is 17.1 Å². The van der Waals surface area contributed by atoms with Crippen LogP contribution in [0.2, 0.25) is 0 Å². The highest BCUT2D eigenvalue weighted by Crippen LogP contribution is 2.32. The molecule has 1 aliphatic rings. The summed E-state index contributed by atoms with van der Waals surface area (Å²) in [6, 6.07) is 4.99. The molecule has 1 atom stereocenters. The number of rotatable bonds is 4. The van der Waals surface area contributed by atoms with Crippen LogP contribution in [0, 0.1) is 0 Å². The van der Waals surface area contributed by atoms with E-state index < -0.39 is 17.8 Å². The number of nitrogens with one attached hydrogen (secondary N) is 3. The first-order valence-corrected chi connectivity index (χ1v) is 8.02. The second kappa shape index (κ2) is 7.42. The highest BCUT2D eigenvalue weighted by Gasteiger charge is 2.23. The van der Waals surface area contributed by atoms with Crippen molar-refractivity contribution in [2.45, 2.75) is 45.8 Å². The third-order valence-corrected chi connectivity index (χ3v) is 3.21. The number of ether oxygens (including phenoxy) is 2. The molecule has 136 valence electrons. The molecule has 25 heavy (non-hydrogen) atoms. The highest BCUT2D eigenvalue weighted by atomic mass is 16.6. The molecule has 0 saturated carbocycles. The smallest absolute Gasteiger partial charge is 0.407 e. The first kappa shape index (κ1) is 18.6. The average Bonchev–Trinajstić information content (AvgIpc) is 2.47. The van der Waals surface area contributed by atoms with Crippen molar-refractivity contribution in [2.24, 2.45) is 0 Å². The molecule has 0 unspecified atom stereocenters. The summed E-state index contributed by atoms with van der Waals surface area (Å²) < 4.78 is 10.5. The standard InChI is InChI=1S/C17H23N3O5/c1-10-15(22)20-12-9-11(5-6-13(12)24-10)19-14(21)7-8-18-16(23)25-17(2,3)4/h5-6,9-10H,7-8H2,1-4H3,(H,18,23)(H,19,21)(H,20,22)/t10-/m1/s1. The van der Waals surface area contributed by atoms with E-state index in [0.717, 1.165) is 0 Å². The molecule has 1 aromatic carbocycles. The van der Waals surface area contributed by atoms with Gasteiger partial charge in [-0.05, 0) is 45.9 Å². The second-order valence-electron chi connectivity index (χ2n) is 6.69. The minimum Gasteiger partial charge on any atom is -0.479 e. The molecule has 8 heteroatoms. The zero-order valence-corrected chi connectivity index (χ0v) is 14.8. The summed E-state index contributed by atoms with van der Waals surface area (Å²) in [6.07, 6.45) is -1.02. The predicted octanol–water partition coefficient (Wildman–Crippen LogP) is 2.26. The van der Waals surface area contributed by atoms with Crippen molar-refractivity contribution in [3.63, 3.8) is 0 Å². The molecule has 3 amide bonds. The number of amides is 3. The number of carbonyl (C=O) groups excluding carboxylic acids is 3. The predicted molar refractivity (Wildman–Crippen MR) is 92.6 cm³/mol. The fourth-order valence-electron chi connectivity index (χ4n) is 2.10. The van der Waals surface area contributed by atoms with E-state index in [-0.39, 0.29) is 24.8 Å². The zero-order chi connectivity index (χ0) is 18.6. The van der Waals surface area contributed by atoms with Crippen LogP contribution >= 0.6 is 0 Å². The van der Waals surface area contributed by atoms with Gasteiger partial charge >= 0.3 is 6.09 Å². The molecule has 0 fully saturated rings. The normalized spacial score (nSPS) is 16.2. The Morgan fingerprint density at radius 3 is 2.72 bits per heavy atom. The third-order valence-electron chi connectivity index (χ3n) is 3.21. The second-order valence-corrected chi connectivity index (χ2v) is 6.69. The van der Waals surface area contributed by atoms with E-state index in [9.17, 15) is 14.4 Å². The van der Waals surface area contributed by atoms with Gasteiger partial charge in [0.15, 0.2) is 6.10 Å². The van der Waals surface area contributed by atoms with E-state index in [4.69, 9.17) is 9.47 Å². The van der Waals surface area contributed by atoms with Gasteiger partial charge in [0.1, 0.15) is 11.4 Å². The number of hydrogen-bond acceptors (Lipinski definition) is 5. The van der Waals surface area contributed by atoms with Gasteiger partial charge in [0.2, 0.25) is 5.91 Å². The van der Waals surface area contributed by atoms with E-state index in [1.807, 2.05) is 0 Å². The van der Waals surface area contributed by atoms with Crippen LogP contribution in [-0.2, 0) is 14.3 Å². The van der Waals surface area contributed by atoms with E-state index in [2.05, 4.69) is 16.0 Å². The number of fused-ring (bicyclic) bond motifs is 1. The SMILES string of the molecule is C[C@H]1Oc2ccc(NC(=O)CCNC(=O)OC(C)(C)C)cc2NC1=O. The summed E-state index contributed by atoms with van der Waals surface area (Å²) in [5, 5.41) is 7.93. The lowest BCUT2D eigenvalue weighted by Crippen LogP contribution is -2.34. The van der Waals surface area contributed by atoms with Crippen LogP contribution in [-0.4, -0.2) is 36.2 Å². The summed E-state index contributed by atoms with van der Waals surface area (Å²) in [7, 11) is 0. The first-order chi connectivity index (χ1) is 11.6. The summed E-state index contributed by atoms with van der Waals surface area (Å²) in [5.74, 6) is 0.0432. The van der Waals surface area contributed by atoms with Gasteiger partial charge in [-0.3, -0.25) is 9.59 Å². The molecule has 3 N–H and O–H groups in total. The largest absolute Gasteiger partial charge is 0.479 e. The lowest BCUT2D eigenvalue weighted by atomic mass is 10.2. The molecule has 0 bridgehead atoms. The quantitative estimate of drug-likeness (QED) is 0.773. The van der Waals surface area contributed by atoms with E-state index in [1.165, 1.54) is 0 Å². The lowest BCUT2D eigenvalue weighted by molar-refractivity contribution is -0.122. The van der Waals surface area contributed by atoms with Crippen molar-refractivity contribution >= 4 is 29.3 Å².